The summed E-state index contributed by atoms with van der Waals surface area (Å²) in [6.07, 6.45) is 4.79. The van der Waals surface area contributed by atoms with Crippen LogP contribution in [0.1, 0.15) is 36.3 Å². The number of hydrogen-bond acceptors (Lipinski definition) is 2. The lowest BCUT2D eigenvalue weighted by Crippen LogP contribution is -2.14. The third kappa shape index (κ3) is 2.50. The van der Waals surface area contributed by atoms with Gasteiger partial charge < -0.3 is 10.5 Å². The van der Waals surface area contributed by atoms with Crippen LogP contribution in [0.4, 0.5) is 0 Å². The quantitative estimate of drug-likeness (QED) is 0.883. The van der Waals surface area contributed by atoms with Gasteiger partial charge in [0, 0.05) is 0 Å². The monoisotopic (exact) mass is 241 g/mol. The smallest absolute Gasteiger partial charge is 0.122 e. The zero-order chi connectivity index (χ0) is 10.7. The van der Waals surface area contributed by atoms with E-state index in [1.807, 2.05) is 0 Å². The van der Waals surface area contributed by atoms with Gasteiger partial charge in [0.05, 0.1) is 7.11 Å². The molecule has 1 aromatic carbocycles. The summed E-state index contributed by atoms with van der Waals surface area (Å²) in [5.41, 5.74) is 8.53. The largest absolute Gasteiger partial charge is 0.496 e. The molecule has 0 aliphatic heterocycles. The van der Waals surface area contributed by atoms with Gasteiger partial charge >= 0.3 is 0 Å². The molecule has 0 amide bonds. The number of nitrogens with two attached hydrogens (primary N) is 1. The van der Waals surface area contributed by atoms with Gasteiger partial charge in [-0.25, -0.2) is 0 Å². The summed E-state index contributed by atoms with van der Waals surface area (Å²) in [4.78, 5) is 0. The molecular formula is C13H20ClNO. The Morgan fingerprint density at radius 1 is 1.44 bits per heavy atom. The van der Waals surface area contributed by atoms with Gasteiger partial charge in [0.15, 0.2) is 0 Å². The Kier molecular flexibility index (Phi) is 5.10. The summed E-state index contributed by atoms with van der Waals surface area (Å²) in [6.45, 7) is 0.779. The van der Waals surface area contributed by atoms with Crippen LogP contribution in [0.15, 0.2) is 18.2 Å². The van der Waals surface area contributed by atoms with Gasteiger partial charge in [-0.3, -0.25) is 0 Å². The summed E-state index contributed by atoms with van der Waals surface area (Å²) >= 11 is 0. The molecule has 0 aromatic heterocycles. The van der Waals surface area contributed by atoms with Crippen LogP contribution >= 0.6 is 12.4 Å². The second kappa shape index (κ2) is 6.12. The van der Waals surface area contributed by atoms with E-state index in [4.69, 9.17) is 10.5 Å². The number of fused-ring (bicyclic) bond motifs is 1. The highest BCUT2D eigenvalue weighted by atomic mass is 35.5. The predicted molar refractivity (Wildman–Crippen MR) is 69.6 cm³/mol. The summed E-state index contributed by atoms with van der Waals surface area (Å²) in [6, 6.07) is 6.38. The normalized spacial score (nSPS) is 18.5. The lowest BCUT2D eigenvalue weighted by Gasteiger charge is -2.26. The van der Waals surface area contributed by atoms with Crippen LogP contribution in [0.2, 0.25) is 0 Å². The van der Waals surface area contributed by atoms with Crippen LogP contribution in [0.25, 0.3) is 0 Å². The molecular weight excluding hydrogens is 222 g/mol. The molecule has 1 atom stereocenters. The van der Waals surface area contributed by atoms with E-state index in [1.165, 1.54) is 24.0 Å². The van der Waals surface area contributed by atoms with Crippen LogP contribution in [0.3, 0.4) is 0 Å². The molecule has 0 spiro atoms. The Labute approximate surface area is 104 Å². The van der Waals surface area contributed by atoms with Crippen LogP contribution in [0.5, 0.6) is 5.75 Å². The van der Waals surface area contributed by atoms with Gasteiger partial charge in [0.2, 0.25) is 0 Å². The molecule has 0 radical (unpaired) electrons. The number of benzene rings is 1. The fraction of sp³-hybridized carbons (Fsp3) is 0.538. The van der Waals surface area contributed by atoms with Crippen molar-refractivity contribution in [3.63, 3.8) is 0 Å². The topological polar surface area (TPSA) is 35.2 Å². The van der Waals surface area contributed by atoms with Crippen molar-refractivity contribution in [1.82, 2.24) is 0 Å². The van der Waals surface area contributed by atoms with Crippen molar-refractivity contribution in [1.29, 1.82) is 0 Å². The average Bonchev–Trinajstić information content (AvgIpc) is 2.29. The van der Waals surface area contributed by atoms with E-state index in [0.717, 1.165) is 25.1 Å². The Morgan fingerprint density at radius 3 is 2.94 bits per heavy atom. The summed E-state index contributed by atoms with van der Waals surface area (Å²) in [5.74, 6) is 1.70. The van der Waals surface area contributed by atoms with Crippen molar-refractivity contribution in [3.8, 4) is 5.75 Å². The highest BCUT2D eigenvalue weighted by Gasteiger charge is 2.21. The first-order valence-corrected chi connectivity index (χ1v) is 5.72. The number of ether oxygens (including phenoxy) is 1. The summed E-state index contributed by atoms with van der Waals surface area (Å²) in [7, 11) is 1.75. The Hall–Kier alpha value is -0.730. The average molecular weight is 242 g/mol. The van der Waals surface area contributed by atoms with Crippen molar-refractivity contribution >= 4 is 12.4 Å². The van der Waals surface area contributed by atoms with Crippen molar-refractivity contribution in [3.05, 3.63) is 29.3 Å². The molecule has 2 nitrogen and oxygen atoms in total. The van der Waals surface area contributed by atoms with E-state index in [0.29, 0.717) is 5.92 Å². The zero-order valence-corrected chi connectivity index (χ0v) is 10.6. The third-order valence-corrected chi connectivity index (χ3v) is 3.32. The third-order valence-electron chi connectivity index (χ3n) is 3.32. The van der Waals surface area contributed by atoms with Crippen molar-refractivity contribution in [2.24, 2.45) is 5.73 Å². The standard InChI is InChI=1S/C13H19NO.ClH/c1-15-13-7-3-5-11-10(8-9-14)4-2-6-12(11)13;/h3,5,7,10H,2,4,6,8-9,14H2,1H3;1H. The maximum Gasteiger partial charge on any atom is 0.122 e. The number of halogens is 1. The van der Waals surface area contributed by atoms with Crippen LogP contribution in [0, 0.1) is 0 Å². The Morgan fingerprint density at radius 2 is 2.25 bits per heavy atom. The number of rotatable bonds is 3. The molecule has 1 aliphatic carbocycles. The van der Waals surface area contributed by atoms with Crippen molar-refractivity contribution in [2.75, 3.05) is 13.7 Å². The molecule has 1 aromatic rings. The minimum absolute atomic E-state index is 0. The molecule has 0 heterocycles. The number of hydrogen-bond donors (Lipinski definition) is 1. The van der Waals surface area contributed by atoms with E-state index in [9.17, 15) is 0 Å². The highest BCUT2D eigenvalue weighted by Crippen LogP contribution is 2.37. The first kappa shape index (κ1) is 13.3. The zero-order valence-electron chi connectivity index (χ0n) is 9.74. The van der Waals surface area contributed by atoms with Crippen LogP contribution < -0.4 is 10.5 Å². The molecule has 1 unspecified atom stereocenters. The lowest BCUT2D eigenvalue weighted by molar-refractivity contribution is 0.401. The summed E-state index contributed by atoms with van der Waals surface area (Å²) in [5, 5.41) is 0. The Balaban J connectivity index is 0.00000128. The summed E-state index contributed by atoms with van der Waals surface area (Å²) < 4.78 is 5.41. The molecule has 2 N–H and O–H groups in total. The minimum Gasteiger partial charge on any atom is -0.496 e. The molecule has 90 valence electrons. The second-order valence-corrected chi connectivity index (χ2v) is 4.19. The van der Waals surface area contributed by atoms with Crippen LogP contribution in [-0.4, -0.2) is 13.7 Å². The molecule has 0 saturated heterocycles. The van der Waals surface area contributed by atoms with Crippen molar-refractivity contribution in [2.45, 2.75) is 31.6 Å². The number of methoxy groups -OCH3 is 1. The van der Waals surface area contributed by atoms with Gasteiger partial charge in [-0.15, -0.1) is 12.4 Å². The van der Waals surface area contributed by atoms with Crippen LogP contribution in [-0.2, 0) is 6.42 Å². The van der Waals surface area contributed by atoms with E-state index < -0.39 is 0 Å². The molecule has 0 saturated carbocycles. The molecule has 3 heteroatoms. The van der Waals surface area contributed by atoms with E-state index in [-0.39, 0.29) is 12.4 Å². The SMILES string of the molecule is COc1cccc2c1CCCC2CCN.Cl. The minimum atomic E-state index is 0. The van der Waals surface area contributed by atoms with Gasteiger partial charge in [-0.1, -0.05) is 12.1 Å². The highest BCUT2D eigenvalue weighted by molar-refractivity contribution is 5.85. The molecule has 2 rings (SSSR count). The molecule has 16 heavy (non-hydrogen) atoms. The van der Waals surface area contributed by atoms with E-state index in [2.05, 4.69) is 18.2 Å². The fourth-order valence-electron chi connectivity index (χ4n) is 2.61. The fourth-order valence-corrected chi connectivity index (χ4v) is 2.61. The second-order valence-electron chi connectivity index (χ2n) is 4.19. The van der Waals surface area contributed by atoms with Gasteiger partial charge in [0.1, 0.15) is 5.75 Å². The maximum atomic E-state index is 5.66. The molecule has 0 fully saturated rings. The first-order chi connectivity index (χ1) is 7.36. The van der Waals surface area contributed by atoms with Crippen molar-refractivity contribution < 1.29 is 4.74 Å². The Bertz CT molecular complexity index is 341. The lowest BCUT2D eigenvalue weighted by atomic mass is 9.81. The first-order valence-electron chi connectivity index (χ1n) is 5.72. The maximum absolute atomic E-state index is 5.66. The van der Waals surface area contributed by atoms with E-state index >= 15 is 0 Å². The van der Waals surface area contributed by atoms with Gasteiger partial charge in [0.25, 0.3) is 0 Å². The van der Waals surface area contributed by atoms with Gasteiger partial charge in [-0.2, -0.15) is 0 Å². The van der Waals surface area contributed by atoms with E-state index in [1.54, 1.807) is 7.11 Å². The predicted octanol–water partition coefficient (Wildman–Crippen LogP) is 2.89. The molecule has 0 bridgehead atoms. The van der Waals surface area contributed by atoms with Gasteiger partial charge in [-0.05, 0) is 55.3 Å². The molecule has 1 aliphatic rings.